The van der Waals surface area contributed by atoms with E-state index in [-0.39, 0.29) is 0 Å². The average molecular weight is 197 g/mol. The van der Waals surface area contributed by atoms with E-state index in [1.54, 1.807) is 0 Å². The van der Waals surface area contributed by atoms with E-state index in [4.69, 9.17) is 0 Å². The van der Waals surface area contributed by atoms with Crippen molar-refractivity contribution < 1.29 is 0 Å². The molecule has 1 nitrogen and oxygen atoms in total. The van der Waals surface area contributed by atoms with Gasteiger partial charge in [0.2, 0.25) is 0 Å². The van der Waals surface area contributed by atoms with E-state index >= 15 is 0 Å². The van der Waals surface area contributed by atoms with Crippen molar-refractivity contribution in [3.8, 4) is 0 Å². The van der Waals surface area contributed by atoms with E-state index in [0.717, 1.165) is 0 Å². The maximum atomic E-state index is 3.57. The highest BCUT2D eigenvalue weighted by atomic mass is 14.9. The minimum Gasteiger partial charge on any atom is -0.316 e. The maximum absolute atomic E-state index is 3.57. The Kier molecular flexibility index (Phi) is 5.54. The van der Waals surface area contributed by atoms with E-state index in [1.165, 1.54) is 64.5 Å². The number of hydrogen-bond donors (Lipinski definition) is 1. The van der Waals surface area contributed by atoms with Gasteiger partial charge >= 0.3 is 0 Å². The smallest absolute Gasteiger partial charge is 0.000771 e. The Labute approximate surface area is 89.7 Å². The monoisotopic (exact) mass is 197 g/mol. The number of piperidine rings is 1. The minimum atomic E-state index is 0.659. The topological polar surface area (TPSA) is 12.0 Å². The van der Waals surface area contributed by atoms with Gasteiger partial charge in [0.05, 0.1) is 0 Å². The van der Waals surface area contributed by atoms with Gasteiger partial charge in [-0.3, -0.25) is 0 Å². The minimum absolute atomic E-state index is 0.659. The molecule has 1 aliphatic heterocycles. The van der Waals surface area contributed by atoms with Gasteiger partial charge in [0.15, 0.2) is 0 Å². The van der Waals surface area contributed by atoms with Crippen LogP contribution in [0.5, 0.6) is 0 Å². The first-order chi connectivity index (χ1) is 6.83. The van der Waals surface area contributed by atoms with Crippen LogP contribution < -0.4 is 5.32 Å². The summed E-state index contributed by atoms with van der Waals surface area (Å²) in [6.07, 6.45) is 11.3. The van der Waals surface area contributed by atoms with Crippen molar-refractivity contribution in [1.29, 1.82) is 0 Å². The summed E-state index contributed by atoms with van der Waals surface area (Å²) in [6.45, 7) is 7.18. The zero-order chi connectivity index (χ0) is 10.3. The molecule has 0 aliphatic carbocycles. The molecule has 0 saturated carbocycles. The molecule has 1 heterocycles. The molecule has 1 N–H and O–H groups in total. The number of unbranched alkanes of at least 4 members (excludes halogenated alkanes) is 3. The van der Waals surface area contributed by atoms with E-state index in [0.29, 0.717) is 5.41 Å². The van der Waals surface area contributed by atoms with Crippen molar-refractivity contribution in [2.24, 2.45) is 5.41 Å². The molecule has 1 fully saturated rings. The first-order valence-corrected chi connectivity index (χ1v) is 6.54. The molecular formula is C13H27N. The Morgan fingerprint density at radius 2 is 2.00 bits per heavy atom. The summed E-state index contributed by atoms with van der Waals surface area (Å²) < 4.78 is 0. The summed E-state index contributed by atoms with van der Waals surface area (Å²) in [6, 6.07) is 0. The Balaban J connectivity index is 2.22. The summed E-state index contributed by atoms with van der Waals surface area (Å²) in [4.78, 5) is 0. The molecule has 0 radical (unpaired) electrons. The Morgan fingerprint density at radius 1 is 1.14 bits per heavy atom. The molecule has 0 spiro atoms. The van der Waals surface area contributed by atoms with E-state index in [1.807, 2.05) is 0 Å². The Hall–Kier alpha value is -0.0400. The second-order valence-corrected chi connectivity index (χ2v) is 4.94. The molecule has 0 bridgehead atoms. The second-order valence-electron chi connectivity index (χ2n) is 4.94. The fraction of sp³-hybridized carbons (Fsp3) is 1.00. The van der Waals surface area contributed by atoms with Crippen LogP contribution in [0.15, 0.2) is 0 Å². The van der Waals surface area contributed by atoms with Crippen LogP contribution in [0.2, 0.25) is 0 Å². The third-order valence-electron chi connectivity index (χ3n) is 3.87. The van der Waals surface area contributed by atoms with E-state index in [9.17, 15) is 0 Å². The summed E-state index contributed by atoms with van der Waals surface area (Å²) in [5, 5.41) is 3.57. The van der Waals surface area contributed by atoms with Crippen molar-refractivity contribution in [2.45, 2.75) is 65.2 Å². The zero-order valence-corrected chi connectivity index (χ0v) is 10.1. The molecule has 14 heavy (non-hydrogen) atoms. The summed E-state index contributed by atoms with van der Waals surface area (Å²) in [7, 11) is 0. The van der Waals surface area contributed by atoms with Crippen LogP contribution in [0, 0.1) is 5.41 Å². The lowest BCUT2D eigenvalue weighted by Gasteiger charge is -2.37. The van der Waals surface area contributed by atoms with E-state index in [2.05, 4.69) is 19.2 Å². The zero-order valence-electron chi connectivity index (χ0n) is 10.1. The van der Waals surface area contributed by atoms with E-state index < -0.39 is 0 Å². The molecule has 0 aromatic carbocycles. The lowest BCUT2D eigenvalue weighted by Crippen LogP contribution is -2.39. The lowest BCUT2D eigenvalue weighted by atomic mass is 9.74. The van der Waals surface area contributed by atoms with Gasteiger partial charge in [-0.1, -0.05) is 39.5 Å². The number of rotatable bonds is 6. The fourth-order valence-corrected chi connectivity index (χ4v) is 2.65. The number of hydrogen-bond acceptors (Lipinski definition) is 1. The molecule has 1 atom stereocenters. The second kappa shape index (κ2) is 6.44. The molecule has 1 heteroatoms. The van der Waals surface area contributed by atoms with Gasteiger partial charge in [-0.05, 0) is 37.6 Å². The van der Waals surface area contributed by atoms with Crippen molar-refractivity contribution in [1.82, 2.24) is 5.32 Å². The summed E-state index contributed by atoms with van der Waals surface area (Å²) in [5.74, 6) is 0. The van der Waals surface area contributed by atoms with Crippen molar-refractivity contribution >= 4 is 0 Å². The van der Waals surface area contributed by atoms with Gasteiger partial charge < -0.3 is 5.32 Å². The van der Waals surface area contributed by atoms with Crippen molar-refractivity contribution in [3.05, 3.63) is 0 Å². The standard InChI is InChI=1S/C13H27N/c1-3-5-6-7-9-13(4-2)10-8-11-14-12-13/h14H,3-12H2,1-2H3. The van der Waals surface area contributed by atoms with Crippen LogP contribution in [0.3, 0.4) is 0 Å². The van der Waals surface area contributed by atoms with Crippen LogP contribution in [0.4, 0.5) is 0 Å². The van der Waals surface area contributed by atoms with Crippen LogP contribution in [0.1, 0.15) is 65.2 Å². The third-order valence-corrected chi connectivity index (χ3v) is 3.87. The summed E-state index contributed by atoms with van der Waals surface area (Å²) >= 11 is 0. The molecule has 1 unspecified atom stereocenters. The van der Waals surface area contributed by atoms with Crippen molar-refractivity contribution in [2.75, 3.05) is 13.1 Å². The van der Waals surface area contributed by atoms with Gasteiger partial charge in [0.1, 0.15) is 0 Å². The molecule has 1 aliphatic rings. The highest BCUT2D eigenvalue weighted by molar-refractivity contribution is 4.84. The van der Waals surface area contributed by atoms with Crippen LogP contribution in [-0.4, -0.2) is 13.1 Å². The predicted molar refractivity (Wildman–Crippen MR) is 63.6 cm³/mol. The fourth-order valence-electron chi connectivity index (χ4n) is 2.65. The molecule has 0 amide bonds. The highest BCUT2D eigenvalue weighted by Crippen LogP contribution is 2.35. The van der Waals surface area contributed by atoms with Crippen LogP contribution in [0.25, 0.3) is 0 Å². The Morgan fingerprint density at radius 3 is 2.57 bits per heavy atom. The average Bonchev–Trinajstić information content (AvgIpc) is 2.26. The molecule has 1 rings (SSSR count). The SMILES string of the molecule is CCCCCCC1(CC)CCCNC1. The van der Waals surface area contributed by atoms with Crippen LogP contribution >= 0.6 is 0 Å². The van der Waals surface area contributed by atoms with Gasteiger partial charge in [-0.25, -0.2) is 0 Å². The molecule has 0 aromatic heterocycles. The lowest BCUT2D eigenvalue weighted by molar-refractivity contribution is 0.177. The largest absolute Gasteiger partial charge is 0.316 e. The molecule has 1 saturated heterocycles. The summed E-state index contributed by atoms with van der Waals surface area (Å²) in [5.41, 5.74) is 0.659. The first-order valence-electron chi connectivity index (χ1n) is 6.54. The molecule has 84 valence electrons. The maximum Gasteiger partial charge on any atom is 0.000771 e. The number of nitrogens with one attached hydrogen (secondary N) is 1. The van der Waals surface area contributed by atoms with Crippen molar-refractivity contribution in [3.63, 3.8) is 0 Å². The third kappa shape index (κ3) is 3.61. The first kappa shape index (κ1) is 12.0. The molecular weight excluding hydrogens is 170 g/mol. The van der Waals surface area contributed by atoms with Gasteiger partial charge in [0, 0.05) is 6.54 Å². The van der Waals surface area contributed by atoms with Crippen LogP contribution in [-0.2, 0) is 0 Å². The van der Waals surface area contributed by atoms with Gasteiger partial charge in [-0.15, -0.1) is 0 Å². The predicted octanol–water partition coefficient (Wildman–Crippen LogP) is 3.74. The Bertz CT molecular complexity index is 136. The normalized spacial score (nSPS) is 27.9. The highest BCUT2D eigenvalue weighted by Gasteiger charge is 2.28. The van der Waals surface area contributed by atoms with Gasteiger partial charge in [0.25, 0.3) is 0 Å². The molecule has 0 aromatic rings. The van der Waals surface area contributed by atoms with Gasteiger partial charge in [-0.2, -0.15) is 0 Å². The quantitative estimate of drug-likeness (QED) is 0.640.